The number of nitrogens with one attached hydrogen (secondary N) is 1. The zero-order valence-electron chi connectivity index (χ0n) is 7.80. The van der Waals surface area contributed by atoms with Crippen LogP contribution in [0.1, 0.15) is 5.82 Å². The molecule has 0 fully saturated rings. The molecule has 14 heavy (non-hydrogen) atoms. The molecule has 8 heteroatoms. The summed E-state index contributed by atoms with van der Waals surface area (Å²) in [7, 11) is 3.47. The summed E-state index contributed by atoms with van der Waals surface area (Å²) in [6.45, 7) is 0.545. The van der Waals surface area contributed by atoms with Gasteiger partial charge in [-0.1, -0.05) is 5.16 Å². The fourth-order valence-corrected chi connectivity index (χ4v) is 0.944. The van der Waals surface area contributed by atoms with Crippen molar-refractivity contribution in [3.63, 3.8) is 0 Å². The molecule has 8 nitrogen and oxygen atoms in total. The van der Waals surface area contributed by atoms with Crippen molar-refractivity contribution in [2.45, 2.75) is 6.54 Å². The first kappa shape index (κ1) is 8.75. The number of aryl methyl sites for hydroxylation is 1. The van der Waals surface area contributed by atoms with Crippen LogP contribution in [0.2, 0.25) is 0 Å². The lowest BCUT2D eigenvalue weighted by molar-refractivity contribution is 0.418. The van der Waals surface area contributed by atoms with E-state index in [1.54, 1.807) is 14.1 Å². The van der Waals surface area contributed by atoms with E-state index in [0.717, 1.165) is 0 Å². The fraction of sp³-hybridized carbons (Fsp3) is 0.500. The minimum atomic E-state index is 0.281. The van der Waals surface area contributed by atoms with Crippen LogP contribution in [-0.2, 0) is 13.6 Å². The third-order valence-electron chi connectivity index (χ3n) is 1.50. The van der Waals surface area contributed by atoms with Gasteiger partial charge in [-0.25, -0.2) is 0 Å². The lowest BCUT2D eigenvalue weighted by atomic mass is 10.6. The van der Waals surface area contributed by atoms with E-state index in [9.17, 15) is 0 Å². The first-order valence-electron chi connectivity index (χ1n) is 4.01. The molecule has 2 aromatic heterocycles. The summed E-state index contributed by atoms with van der Waals surface area (Å²) in [6, 6.07) is 0. The van der Waals surface area contributed by atoms with Crippen LogP contribution in [0.4, 0.5) is 0 Å². The maximum Gasteiger partial charge on any atom is 0.299 e. The van der Waals surface area contributed by atoms with Crippen molar-refractivity contribution in [3.05, 3.63) is 5.82 Å². The van der Waals surface area contributed by atoms with Gasteiger partial charge in [-0.15, -0.1) is 10.2 Å². The van der Waals surface area contributed by atoms with E-state index >= 15 is 0 Å². The molecule has 0 aliphatic rings. The molecule has 2 heterocycles. The predicted molar refractivity (Wildman–Crippen MR) is 44.9 cm³/mol. The average molecular weight is 195 g/mol. The third-order valence-corrected chi connectivity index (χ3v) is 1.50. The van der Waals surface area contributed by atoms with E-state index in [-0.39, 0.29) is 5.89 Å². The van der Waals surface area contributed by atoms with Gasteiger partial charge < -0.3 is 9.84 Å². The van der Waals surface area contributed by atoms with Gasteiger partial charge in [0, 0.05) is 0 Å². The van der Waals surface area contributed by atoms with Gasteiger partial charge in [0.15, 0.2) is 5.82 Å². The number of hydrogen-bond acceptors (Lipinski definition) is 7. The second kappa shape index (κ2) is 3.50. The number of rotatable bonds is 3. The Morgan fingerprint density at radius 1 is 1.50 bits per heavy atom. The summed E-state index contributed by atoms with van der Waals surface area (Å²) in [6.07, 6.45) is 0. The van der Waals surface area contributed by atoms with Gasteiger partial charge in [-0.3, -0.25) is 0 Å². The first-order chi connectivity index (χ1) is 6.79. The molecule has 2 rings (SSSR count). The van der Waals surface area contributed by atoms with Gasteiger partial charge in [-0.05, 0) is 12.3 Å². The highest BCUT2D eigenvalue weighted by Gasteiger charge is 2.12. The van der Waals surface area contributed by atoms with Crippen LogP contribution >= 0.6 is 0 Å². The van der Waals surface area contributed by atoms with Crippen molar-refractivity contribution in [3.8, 4) is 11.7 Å². The lowest BCUT2D eigenvalue weighted by Gasteiger charge is -1.86. The van der Waals surface area contributed by atoms with E-state index in [1.165, 1.54) is 4.80 Å². The Balaban J connectivity index is 2.24. The molecule has 2 aromatic rings. The fourth-order valence-electron chi connectivity index (χ4n) is 0.944. The first-order valence-corrected chi connectivity index (χ1v) is 4.01. The number of tetrazole rings is 1. The van der Waals surface area contributed by atoms with E-state index in [1.807, 2.05) is 0 Å². The van der Waals surface area contributed by atoms with E-state index < -0.39 is 0 Å². The molecule has 0 bridgehead atoms. The molecule has 1 N–H and O–H groups in total. The van der Waals surface area contributed by atoms with Gasteiger partial charge in [0.1, 0.15) is 0 Å². The molecule has 0 aromatic carbocycles. The maximum absolute atomic E-state index is 4.94. The second-order valence-electron chi connectivity index (χ2n) is 2.65. The third kappa shape index (κ3) is 1.59. The molecule has 0 saturated carbocycles. The number of hydrogen-bond donors (Lipinski definition) is 1. The summed E-state index contributed by atoms with van der Waals surface area (Å²) in [5, 5.41) is 18.0. The smallest absolute Gasteiger partial charge is 0.299 e. The SMILES string of the molecule is CNCc1noc(-c2nnn(C)n2)n1. The Kier molecular flexibility index (Phi) is 2.19. The standard InChI is InChI=1S/C6H9N7O/c1-7-3-4-8-6(14-11-4)5-9-12-13(2)10-5/h7H,3H2,1-2H3. The molecule has 0 amide bonds. The van der Waals surface area contributed by atoms with Gasteiger partial charge >= 0.3 is 0 Å². The average Bonchev–Trinajstić information content (AvgIpc) is 2.74. The number of nitrogens with zero attached hydrogens (tertiary/aromatic N) is 6. The Bertz CT molecular complexity index is 419. The van der Waals surface area contributed by atoms with E-state index in [0.29, 0.717) is 18.2 Å². The zero-order valence-corrected chi connectivity index (χ0v) is 7.80. The molecule has 0 radical (unpaired) electrons. The summed E-state index contributed by atoms with van der Waals surface area (Å²) in [5.41, 5.74) is 0. The Labute approximate surface area is 79.3 Å². The molecule has 0 unspecified atom stereocenters. The van der Waals surface area contributed by atoms with Crippen molar-refractivity contribution in [1.29, 1.82) is 0 Å². The van der Waals surface area contributed by atoms with Crippen LogP contribution in [0.15, 0.2) is 4.52 Å². The molecule has 0 saturated heterocycles. The van der Waals surface area contributed by atoms with Crippen molar-refractivity contribution in [2.75, 3.05) is 7.05 Å². The molecular formula is C6H9N7O. The van der Waals surface area contributed by atoms with Crippen LogP contribution < -0.4 is 5.32 Å². The van der Waals surface area contributed by atoms with Crippen molar-refractivity contribution in [1.82, 2.24) is 35.7 Å². The largest absolute Gasteiger partial charge is 0.330 e. The second-order valence-corrected chi connectivity index (χ2v) is 2.65. The highest BCUT2D eigenvalue weighted by Crippen LogP contribution is 2.09. The minimum absolute atomic E-state index is 0.281. The topological polar surface area (TPSA) is 94.6 Å². The molecule has 0 atom stereocenters. The zero-order chi connectivity index (χ0) is 9.97. The van der Waals surface area contributed by atoms with Crippen molar-refractivity contribution < 1.29 is 4.52 Å². The highest BCUT2D eigenvalue weighted by atomic mass is 16.5. The van der Waals surface area contributed by atoms with Crippen LogP contribution in [0.5, 0.6) is 0 Å². The molecule has 74 valence electrons. The molecule has 0 aliphatic carbocycles. The highest BCUT2D eigenvalue weighted by molar-refractivity contribution is 5.36. The minimum Gasteiger partial charge on any atom is -0.330 e. The quantitative estimate of drug-likeness (QED) is 0.669. The van der Waals surface area contributed by atoms with Crippen molar-refractivity contribution in [2.24, 2.45) is 7.05 Å². The Morgan fingerprint density at radius 3 is 3.00 bits per heavy atom. The Hall–Kier alpha value is -1.83. The monoisotopic (exact) mass is 195 g/mol. The van der Waals surface area contributed by atoms with E-state index in [4.69, 9.17) is 4.52 Å². The van der Waals surface area contributed by atoms with Crippen LogP contribution in [0.25, 0.3) is 11.7 Å². The van der Waals surface area contributed by atoms with Gasteiger partial charge in [0.2, 0.25) is 0 Å². The van der Waals surface area contributed by atoms with Crippen molar-refractivity contribution >= 4 is 0 Å². The van der Waals surface area contributed by atoms with Crippen LogP contribution in [0.3, 0.4) is 0 Å². The summed E-state index contributed by atoms with van der Waals surface area (Å²) in [5.74, 6) is 1.18. The lowest BCUT2D eigenvalue weighted by Crippen LogP contribution is -2.06. The summed E-state index contributed by atoms with van der Waals surface area (Å²) < 4.78 is 4.94. The van der Waals surface area contributed by atoms with E-state index in [2.05, 4.69) is 30.9 Å². The van der Waals surface area contributed by atoms with Crippen LogP contribution in [-0.4, -0.2) is 37.4 Å². The maximum atomic E-state index is 4.94. The summed E-state index contributed by atoms with van der Waals surface area (Å²) >= 11 is 0. The predicted octanol–water partition coefficient (Wildman–Crippen LogP) is -1.02. The number of aromatic nitrogens is 6. The van der Waals surface area contributed by atoms with Gasteiger partial charge in [0.25, 0.3) is 11.7 Å². The summed E-state index contributed by atoms with van der Waals surface area (Å²) in [4.78, 5) is 5.40. The molecular weight excluding hydrogens is 186 g/mol. The molecule has 0 spiro atoms. The van der Waals surface area contributed by atoms with Gasteiger partial charge in [0.05, 0.1) is 13.6 Å². The molecule has 0 aliphatic heterocycles. The van der Waals surface area contributed by atoms with Crippen LogP contribution in [0, 0.1) is 0 Å². The Morgan fingerprint density at radius 2 is 2.36 bits per heavy atom. The van der Waals surface area contributed by atoms with Gasteiger partial charge in [-0.2, -0.15) is 9.78 Å². The normalized spacial score (nSPS) is 10.7.